The number of hydrogen-bond donors (Lipinski definition) is 1. The van der Waals surface area contributed by atoms with Gasteiger partial charge in [-0.1, -0.05) is 32.4 Å². The smallest absolute Gasteiger partial charge is 0.202 e. The first-order valence-corrected chi connectivity index (χ1v) is 5.88. The summed E-state index contributed by atoms with van der Waals surface area (Å²) < 4.78 is 4.33. The van der Waals surface area contributed by atoms with Crippen LogP contribution in [0.3, 0.4) is 0 Å². The van der Waals surface area contributed by atoms with Crippen LogP contribution in [0.25, 0.3) is 0 Å². The minimum atomic E-state index is 0.0347. The molecule has 0 aliphatic carbocycles. The molecular weight excluding hydrogens is 206 g/mol. The van der Waals surface area contributed by atoms with Crippen molar-refractivity contribution in [2.24, 2.45) is 0 Å². The zero-order valence-corrected chi connectivity index (χ0v) is 10.9. The van der Waals surface area contributed by atoms with Gasteiger partial charge in [-0.3, -0.25) is 0 Å². The SMILES string of the molecule is CC(C)=CCNc1nc(C(C)(C)C)ns1. The number of allylic oxidation sites excluding steroid dienone is 1. The van der Waals surface area contributed by atoms with Crippen molar-refractivity contribution >= 4 is 16.7 Å². The normalized spacial score (nSPS) is 11.3. The molecule has 0 bridgehead atoms. The highest BCUT2D eigenvalue weighted by molar-refractivity contribution is 7.09. The van der Waals surface area contributed by atoms with E-state index in [9.17, 15) is 0 Å². The average molecular weight is 225 g/mol. The van der Waals surface area contributed by atoms with E-state index in [-0.39, 0.29) is 5.41 Å². The Hall–Kier alpha value is -0.900. The maximum atomic E-state index is 4.45. The summed E-state index contributed by atoms with van der Waals surface area (Å²) in [5.41, 5.74) is 1.34. The Morgan fingerprint density at radius 1 is 1.40 bits per heavy atom. The van der Waals surface area contributed by atoms with Gasteiger partial charge in [0.15, 0.2) is 0 Å². The molecule has 0 saturated carbocycles. The molecule has 1 aromatic heterocycles. The number of nitrogens with zero attached hydrogens (tertiary/aromatic N) is 2. The van der Waals surface area contributed by atoms with Crippen LogP contribution in [0.15, 0.2) is 11.6 Å². The molecule has 0 spiro atoms. The predicted octanol–water partition coefficient (Wildman–Crippen LogP) is 3.21. The van der Waals surface area contributed by atoms with Gasteiger partial charge in [-0.05, 0) is 13.8 Å². The minimum Gasteiger partial charge on any atom is -0.357 e. The lowest BCUT2D eigenvalue weighted by Crippen LogP contribution is -2.13. The van der Waals surface area contributed by atoms with Crippen molar-refractivity contribution in [2.45, 2.75) is 40.0 Å². The highest BCUT2D eigenvalue weighted by Gasteiger charge is 2.19. The molecule has 0 fully saturated rings. The lowest BCUT2D eigenvalue weighted by atomic mass is 9.96. The van der Waals surface area contributed by atoms with Crippen molar-refractivity contribution in [3.8, 4) is 0 Å². The molecule has 0 saturated heterocycles. The van der Waals surface area contributed by atoms with E-state index >= 15 is 0 Å². The molecule has 0 unspecified atom stereocenters. The van der Waals surface area contributed by atoms with Crippen molar-refractivity contribution in [3.05, 3.63) is 17.5 Å². The van der Waals surface area contributed by atoms with Crippen molar-refractivity contribution in [1.82, 2.24) is 9.36 Å². The van der Waals surface area contributed by atoms with Crippen LogP contribution < -0.4 is 5.32 Å². The van der Waals surface area contributed by atoms with Crippen molar-refractivity contribution in [1.29, 1.82) is 0 Å². The predicted molar refractivity (Wildman–Crippen MR) is 66.5 cm³/mol. The molecule has 0 aliphatic heterocycles. The van der Waals surface area contributed by atoms with Crippen LogP contribution in [0.5, 0.6) is 0 Å². The molecule has 1 N–H and O–H groups in total. The number of rotatable bonds is 3. The molecule has 0 aromatic carbocycles. The third-order valence-electron chi connectivity index (χ3n) is 1.86. The van der Waals surface area contributed by atoms with Gasteiger partial charge in [0.25, 0.3) is 0 Å². The van der Waals surface area contributed by atoms with Crippen molar-refractivity contribution in [2.75, 3.05) is 11.9 Å². The second kappa shape index (κ2) is 4.75. The molecule has 15 heavy (non-hydrogen) atoms. The van der Waals surface area contributed by atoms with Crippen LogP contribution in [0, 0.1) is 0 Å². The summed E-state index contributed by atoms with van der Waals surface area (Å²) in [6.07, 6.45) is 2.14. The highest BCUT2D eigenvalue weighted by atomic mass is 32.1. The average Bonchev–Trinajstić information content (AvgIpc) is 2.51. The Bertz CT molecular complexity index is 343. The fourth-order valence-corrected chi connectivity index (χ4v) is 1.71. The third kappa shape index (κ3) is 4.00. The summed E-state index contributed by atoms with van der Waals surface area (Å²) in [5, 5.41) is 4.14. The first-order valence-electron chi connectivity index (χ1n) is 5.11. The Morgan fingerprint density at radius 3 is 2.53 bits per heavy atom. The van der Waals surface area contributed by atoms with Crippen LogP contribution in [0.4, 0.5) is 5.13 Å². The quantitative estimate of drug-likeness (QED) is 0.803. The maximum Gasteiger partial charge on any atom is 0.202 e. The molecule has 4 heteroatoms. The first kappa shape index (κ1) is 12.2. The Balaban J connectivity index is 2.58. The zero-order chi connectivity index (χ0) is 11.5. The topological polar surface area (TPSA) is 37.8 Å². The molecule has 0 atom stereocenters. The Labute approximate surface area is 95.8 Å². The van der Waals surface area contributed by atoms with E-state index in [0.717, 1.165) is 17.5 Å². The van der Waals surface area contributed by atoms with Gasteiger partial charge in [-0.25, -0.2) is 4.98 Å². The molecule has 1 heterocycles. The van der Waals surface area contributed by atoms with Crippen LogP contribution in [0.1, 0.15) is 40.4 Å². The van der Waals surface area contributed by atoms with E-state index in [2.05, 4.69) is 55.4 Å². The van der Waals surface area contributed by atoms with Gasteiger partial charge in [0.2, 0.25) is 5.13 Å². The standard InChI is InChI=1S/C11H19N3S/c1-8(2)6-7-12-10-13-9(14-15-10)11(3,4)5/h6H,7H2,1-5H3,(H,12,13,14). The maximum absolute atomic E-state index is 4.45. The number of hydrogen-bond acceptors (Lipinski definition) is 4. The van der Waals surface area contributed by atoms with Gasteiger partial charge in [0, 0.05) is 23.5 Å². The van der Waals surface area contributed by atoms with Crippen LogP contribution in [-0.2, 0) is 5.41 Å². The Kier molecular flexibility index (Phi) is 3.85. The molecule has 3 nitrogen and oxygen atoms in total. The summed E-state index contributed by atoms with van der Waals surface area (Å²) in [6.45, 7) is 11.4. The number of aromatic nitrogens is 2. The van der Waals surface area contributed by atoms with Gasteiger partial charge >= 0.3 is 0 Å². The summed E-state index contributed by atoms with van der Waals surface area (Å²) in [5.74, 6) is 0.909. The molecule has 1 rings (SSSR count). The third-order valence-corrected chi connectivity index (χ3v) is 2.53. The second-order valence-electron chi connectivity index (χ2n) is 4.84. The van der Waals surface area contributed by atoms with Crippen molar-refractivity contribution < 1.29 is 0 Å². The highest BCUT2D eigenvalue weighted by Crippen LogP contribution is 2.22. The minimum absolute atomic E-state index is 0.0347. The fraction of sp³-hybridized carbons (Fsp3) is 0.636. The monoisotopic (exact) mass is 225 g/mol. The van der Waals surface area contributed by atoms with Gasteiger partial charge in [0.05, 0.1) is 0 Å². The van der Waals surface area contributed by atoms with Crippen LogP contribution in [-0.4, -0.2) is 15.9 Å². The summed E-state index contributed by atoms with van der Waals surface area (Å²) in [4.78, 5) is 4.45. The second-order valence-corrected chi connectivity index (χ2v) is 5.59. The molecular formula is C11H19N3S. The van der Waals surface area contributed by atoms with Crippen LogP contribution in [0.2, 0.25) is 0 Å². The van der Waals surface area contributed by atoms with Gasteiger partial charge < -0.3 is 5.32 Å². The molecule has 0 amide bonds. The number of anilines is 1. The Morgan fingerprint density at radius 2 is 2.07 bits per heavy atom. The van der Waals surface area contributed by atoms with Gasteiger partial charge in [-0.2, -0.15) is 4.37 Å². The largest absolute Gasteiger partial charge is 0.357 e. The molecule has 84 valence electrons. The van der Waals surface area contributed by atoms with E-state index < -0.39 is 0 Å². The number of nitrogens with one attached hydrogen (secondary N) is 1. The van der Waals surface area contributed by atoms with E-state index in [1.54, 1.807) is 0 Å². The summed E-state index contributed by atoms with van der Waals surface area (Å²) >= 11 is 1.43. The van der Waals surface area contributed by atoms with E-state index in [1.165, 1.54) is 17.1 Å². The first-order chi connectivity index (χ1) is 6.89. The van der Waals surface area contributed by atoms with Crippen LogP contribution >= 0.6 is 11.5 Å². The summed E-state index contributed by atoms with van der Waals surface area (Å²) in [6, 6.07) is 0. The zero-order valence-electron chi connectivity index (χ0n) is 10.1. The van der Waals surface area contributed by atoms with E-state index in [4.69, 9.17) is 0 Å². The van der Waals surface area contributed by atoms with Gasteiger partial charge in [0.1, 0.15) is 5.82 Å². The fourth-order valence-electron chi connectivity index (χ4n) is 0.942. The summed E-state index contributed by atoms with van der Waals surface area (Å²) in [7, 11) is 0. The lowest BCUT2D eigenvalue weighted by molar-refractivity contribution is 0.555. The van der Waals surface area contributed by atoms with Crippen molar-refractivity contribution in [3.63, 3.8) is 0 Å². The molecule has 1 aromatic rings. The molecule has 0 aliphatic rings. The van der Waals surface area contributed by atoms with E-state index in [1.807, 2.05) is 0 Å². The van der Waals surface area contributed by atoms with Gasteiger partial charge in [-0.15, -0.1) is 0 Å². The lowest BCUT2D eigenvalue weighted by Gasteiger charge is -2.12. The molecule has 0 radical (unpaired) electrons. The van der Waals surface area contributed by atoms with E-state index in [0.29, 0.717) is 0 Å².